The lowest BCUT2D eigenvalue weighted by atomic mass is 9.91. The summed E-state index contributed by atoms with van der Waals surface area (Å²) in [5.74, 6) is -0.609. The molecule has 2 aromatic rings. The van der Waals surface area contributed by atoms with E-state index in [1.54, 1.807) is 19.2 Å². The third kappa shape index (κ3) is 3.21. The standard InChI is InChI=1S/C18H20INO4/c1-2-24-18(23)13-10-20(15-5-3-4-6-16(15)21)14-8-7-11(19)9-12(14)17(13)22/h7-10,15-16,21H,2-6H2,1H3/t15-,16-/m0/s1. The highest BCUT2D eigenvalue weighted by atomic mass is 127. The van der Waals surface area contributed by atoms with Crippen molar-refractivity contribution in [3.63, 3.8) is 0 Å². The zero-order valence-corrected chi connectivity index (χ0v) is 15.7. The molecule has 1 aromatic carbocycles. The molecule has 1 N–H and O–H groups in total. The second kappa shape index (κ2) is 7.23. The number of halogens is 1. The molecule has 0 spiro atoms. The van der Waals surface area contributed by atoms with Gasteiger partial charge in [-0.15, -0.1) is 0 Å². The highest BCUT2D eigenvalue weighted by Gasteiger charge is 2.27. The lowest BCUT2D eigenvalue weighted by molar-refractivity contribution is 0.0519. The fourth-order valence-electron chi connectivity index (χ4n) is 3.37. The monoisotopic (exact) mass is 441 g/mol. The Labute approximate surface area is 153 Å². The van der Waals surface area contributed by atoms with Crippen molar-refractivity contribution in [3.8, 4) is 0 Å². The van der Waals surface area contributed by atoms with Crippen LogP contribution in [-0.4, -0.2) is 28.4 Å². The number of carbonyl (C=O) groups excluding carboxylic acids is 1. The van der Waals surface area contributed by atoms with Gasteiger partial charge in [-0.2, -0.15) is 0 Å². The van der Waals surface area contributed by atoms with Crippen molar-refractivity contribution in [2.24, 2.45) is 0 Å². The number of fused-ring (bicyclic) bond motifs is 1. The number of esters is 1. The van der Waals surface area contributed by atoms with E-state index in [0.29, 0.717) is 5.39 Å². The first-order valence-corrected chi connectivity index (χ1v) is 9.30. The number of rotatable bonds is 3. The van der Waals surface area contributed by atoms with Gasteiger partial charge in [-0.1, -0.05) is 12.8 Å². The normalized spacial score (nSPS) is 21.0. The van der Waals surface area contributed by atoms with Gasteiger partial charge >= 0.3 is 5.97 Å². The summed E-state index contributed by atoms with van der Waals surface area (Å²) in [6.45, 7) is 1.93. The fraction of sp³-hybridized carbons (Fsp3) is 0.444. The first-order chi connectivity index (χ1) is 11.5. The summed E-state index contributed by atoms with van der Waals surface area (Å²) in [6, 6.07) is 5.47. The molecule has 5 nitrogen and oxygen atoms in total. The minimum atomic E-state index is -0.609. The number of pyridine rings is 1. The fourth-order valence-corrected chi connectivity index (χ4v) is 3.86. The highest BCUT2D eigenvalue weighted by molar-refractivity contribution is 14.1. The Kier molecular flexibility index (Phi) is 5.24. The molecular formula is C18H20INO4. The van der Waals surface area contributed by atoms with Crippen LogP contribution < -0.4 is 5.43 Å². The summed E-state index contributed by atoms with van der Waals surface area (Å²) in [5.41, 5.74) is 0.465. The summed E-state index contributed by atoms with van der Waals surface area (Å²) in [5, 5.41) is 10.9. The molecule has 1 saturated carbocycles. The molecule has 1 aromatic heterocycles. The Morgan fingerprint density at radius 2 is 2.12 bits per heavy atom. The number of carbonyl (C=O) groups is 1. The molecule has 24 heavy (non-hydrogen) atoms. The van der Waals surface area contributed by atoms with Gasteiger partial charge < -0.3 is 14.4 Å². The van der Waals surface area contributed by atoms with Gasteiger partial charge in [-0.25, -0.2) is 4.79 Å². The third-order valence-electron chi connectivity index (χ3n) is 4.54. The minimum absolute atomic E-state index is 0.0316. The molecule has 0 unspecified atom stereocenters. The predicted molar refractivity (Wildman–Crippen MR) is 100 cm³/mol. The number of hydrogen-bond acceptors (Lipinski definition) is 4. The van der Waals surface area contributed by atoms with Gasteiger partial charge in [0.05, 0.1) is 24.3 Å². The van der Waals surface area contributed by atoms with Crippen LogP contribution in [0, 0.1) is 3.57 Å². The Hall–Kier alpha value is -1.41. The molecule has 0 amide bonds. The molecule has 1 heterocycles. The Bertz CT molecular complexity index is 830. The van der Waals surface area contributed by atoms with Crippen LogP contribution in [0.25, 0.3) is 10.9 Å². The van der Waals surface area contributed by atoms with Gasteiger partial charge in [-0.3, -0.25) is 4.79 Å². The molecule has 0 aliphatic heterocycles. The number of hydrogen-bond donors (Lipinski definition) is 1. The van der Waals surface area contributed by atoms with E-state index in [2.05, 4.69) is 22.6 Å². The number of ether oxygens (including phenoxy) is 1. The summed E-state index contributed by atoms with van der Waals surface area (Å²) in [7, 11) is 0. The van der Waals surface area contributed by atoms with E-state index < -0.39 is 12.1 Å². The van der Waals surface area contributed by atoms with Crippen molar-refractivity contribution in [2.45, 2.75) is 44.8 Å². The molecule has 2 atom stereocenters. The van der Waals surface area contributed by atoms with Crippen LogP contribution in [0.4, 0.5) is 0 Å². The Morgan fingerprint density at radius 1 is 1.38 bits per heavy atom. The van der Waals surface area contributed by atoms with Gasteiger partial charge in [0.1, 0.15) is 5.56 Å². The first-order valence-electron chi connectivity index (χ1n) is 8.22. The quantitative estimate of drug-likeness (QED) is 0.587. The number of benzene rings is 1. The van der Waals surface area contributed by atoms with Crippen LogP contribution in [0.2, 0.25) is 0 Å². The highest BCUT2D eigenvalue weighted by Crippen LogP contribution is 2.31. The van der Waals surface area contributed by atoms with E-state index in [4.69, 9.17) is 4.74 Å². The number of nitrogens with zero attached hydrogens (tertiary/aromatic N) is 1. The van der Waals surface area contributed by atoms with E-state index in [1.165, 1.54) is 0 Å². The molecule has 0 bridgehead atoms. The molecule has 1 aliphatic carbocycles. The molecule has 1 aliphatic rings. The average Bonchev–Trinajstić information content (AvgIpc) is 2.56. The second-order valence-corrected chi connectivity index (χ2v) is 7.33. The molecule has 3 rings (SSSR count). The first kappa shape index (κ1) is 17.4. The Morgan fingerprint density at radius 3 is 2.83 bits per heavy atom. The van der Waals surface area contributed by atoms with Crippen LogP contribution in [0.3, 0.4) is 0 Å². The van der Waals surface area contributed by atoms with Crippen molar-refractivity contribution >= 4 is 39.5 Å². The van der Waals surface area contributed by atoms with Crippen molar-refractivity contribution < 1.29 is 14.6 Å². The van der Waals surface area contributed by atoms with Crippen molar-refractivity contribution in [1.29, 1.82) is 0 Å². The molecule has 128 valence electrons. The zero-order chi connectivity index (χ0) is 17.3. The average molecular weight is 441 g/mol. The third-order valence-corrected chi connectivity index (χ3v) is 5.21. The number of aromatic nitrogens is 1. The van der Waals surface area contributed by atoms with Crippen molar-refractivity contribution in [2.75, 3.05) is 6.61 Å². The predicted octanol–water partition coefficient (Wildman–Crippen LogP) is 3.26. The lowest BCUT2D eigenvalue weighted by Crippen LogP contribution is -2.30. The maximum absolute atomic E-state index is 12.7. The van der Waals surface area contributed by atoms with E-state index in [-0.39, 0.29) is 23.6 Å². The van der Waals surface area contributed by atoms with Gasteiger partial charge in [0.25, 0.3) is 0 Å². The van der Waals surface area contributed by atoms with Crippen LogP contribution in [-0.2, 0) is 4.74 Å². The lowest BCUT2D eigenvalue weighted by Gasteiger charge is -2.31. The van der Waals surface area contributed by atoms with Crippen LogP contribution >= 0.6 is 22.6 Å². The Balaban J connectivity index is 2.25. The molecule has 6 heteroatoms. The van der Waals surface area contributed by atoms with E-state index in [0.717, 1.165) is 34.8 Å². The number of aliphatic hydroxyl groups is 1. The molecule has 1 fully saturated rings. The minimum Gasteiger partial charge on any atom is -0.462 e. The van der Waals surface area contributed by atoms with Crippen molar-refractivity contribution in [3.05, 3.63) is 43.8 Å². The van der Waals surface area contributed by atoms with E-state index in [1.807, 2.05) is 16.7 Å². The maximum atomic E-state index is 12.7. The van der Waals surface area contributed by atoms with Gasteiger partial charge in [0.15, 0.2) is 0 Å². The number of aliphatic hydroxyl groups excluding tert-OH is 1. The molecular weight excluding hydrogens is 421 g/mol. The van der Waals surface area contributed by atoms with Crippen molar-refractivity contribution in [1.82, 2.24) is 4.57 Å². The van der Waals surface area contributed by atoms with Crippen LogP contribution in [0.5, 0.6) is 0 Å². The van der Waals surface area contributed by atoms with Gasteiger partial charge in [0, 0.05) is 15.2 Å². The topological polar surface area (TPSA) is 68.5 Å². The van der Waals surface area contributed by atoms with E-state index >= 15 is 0 Å². The van der Waals surface area contributed by atoms with E-state index in [9.17, 15) is 14.7 Å². The zero-order valence-electron chi connectivity index (χ0n) is 13.5. The van der Waals surface area contributed by atoms with Gasteiger partial charge in [-0.05, 0) is 60.6 Å². The summed E-state index contributed by atoms with van der Waals surface area (Å²) < 4.78 is 7.86. The summed E-state index contributed by atoms with van der Waals surface area (Å²) in [6.07, 6.45) is 4.67. The maximum Gasteiger partial charge on any atom is 0.343 e. The van der Waals surface area contributed by atoms with Gasteiger partial charge in [0.2, 0.25) is 5.43 Å². The molecule has 0 radical (unpaired) electrons. The van der Waals surface area contributed by atoms with Crippen LogP contribution in [0.1, 0.15) is 49.0 Å². The summed E-state index contributed by atoms with van der Waals surface area (Å²) in [4.78, 5) is 24.9. The summed E-state index contributed by atoms with van der Waals surface area (Å²) >= 11 is 2.15. The SMILES string of the molecule is CCOC(=O)c1cn([C@H]2CCCC[C@@H]2O)c2ccc(I)cc2c1=O. The molecule has 0 saturated heterocycles. The second-order valence-electron chi connectivity index (χ2n) is 6.08. The van der Waals surface area contributed by atoms with Crippen LogP contribution in [0.15, 0.2) is 29.2 Å². The largest absolute Gasteiger partial charge is 0.462 e. The smallest absolute Gasteiger partial charge is 0.343 e.